The van der Waals surface area contributed by atoms with E-state index < -0.39 is 0 Å². The van der Waals surface area contributed by atoms with Crippen LogP contribution in [-0.4, -0.2) is 23.4 Å². The summed E-state index contributed by atoms with van der Waals surface area (Å²) in [6.07, 6.45) is 4.11. The fraction of sp³-hybridized carbons (Fsp3) is 0.455. The van der Waals surface area contributed by atoms with Gasteiger partial charge < -0.3 is 4.74 Å². The summed E-state index contributed by atoms with van der Waals surface area (Å²) >= 11 is 0. The van der Waals surface area contributed by atoms with E-state index in [0.29, 0.717) is 23.7 Å². The van der Waals surface area contributed by atoms with Gasteiger partial charge in [0.25, 0.3) is 5.56 Å². The van der Waals surface area contributed by atoms with E-state index in [0.717, 1.165) is 31.4 Å². The Bertz CT molecular complexity index is 950. The molecule has 2 rings (SSSR count). The van der Waals surface area contributed by atoms with Crippen LogP contribution in [0, 0.1) is 25.2 Å². The Balaban J connectivity index is 2.58. The van der Waals surface area contributed by atoms with Crippen molar-refractivity contribution in [2.45, 2.75) is 53.0 Å². The Hall–Kier alpha value is -2.94. The average molecular weight is 382 g/mol. The molecule has 0 spiro atoms. The Kier molecular flexibility index (Phi) is 7.51. The number of aromatic nitrogens is 1. The van der Waals surface area contributed by atoms with E-state index >= 15 is 0 Å². The highest BCUT2D eigenvalue weighted by atomic mass is 16.5. The fourth-order valence-corrected chi connectivity index (χ4v) is 3.12. The quantitative estimate of drug-likeness (QED) is 0.368. The van der Waals surface area contributed by atoms with Gasteiger partial charge in [0.2, 0.25) is 11.6 Å². The fourth-order valence-electron chi connectivity index (χ4n) is 3.12. The van der Waals surface area contributed by atoms with Crippen LogP contribution in [0.5, 0.6) is 5.88 Å². The summed E-state index contributed by atoms with van der Waals surface area (Å²) in [6.45, 7) is 6.42. The molecule has 28 heavy (non-hydrogen) atoms. The van der Waals surface area contributed by atoms with Gasteiger partial charge in [-0.3, -0.25) is 9.36 Å². The Labute approximate surface area is 166 Å². The largest absolute Gasteiger partial charge is 0.480 e. The molecular weight excluding hydrogens is 352 g/mol. The molecule has 1 aromatic carbocycles. The van der Waals surface area contributed by atoms with Crippen molar-refractivity contribution < 1.29 is 9.43 Å². The number of azo groups is 2. The smallest absolute Gasteiger partial charge is 0.271 e. The average Bonchev–Trinajstić information content (AvgIpc) is 2.69. The predicted molar refractivity (Wildman–Crippen MR) is 110 cm³/mol. The third kappa shape index (κ3) is 4.66. The zero-order chi connectivity index (χ0) is 20.7. The molecule has 0 amide bonds. The summed E-state index contributed by atoms with van der Waals surface area (Å²) in [5.74, 6) is 0.400. The summed E-state index contributed by atoms with van der Waals surface area (Å²) in [4.78, 5) is 12.8. The first-order chi connectivity index (χ1) is 13.4. The number of hydrogen-bond acceptors (Lipinski definition) is 4. The summed E-state index contributed by atoms with van der Waals surface area (Å²) < 4.78 is 8.86. The number of aryl methyl sites for hydroxylation is 1. The molecule has 0 aliphatic carbocycles. The van der Waals surface area contributed by atoms with Crippen molar-refractivity contribution >= 4 is 11.4 Å². The van der Waals surface area contributed by atoms with Gasteiger partial charge in [0, 0.05) is 29.4 Å². The topological polar surface area (TPSA) is 70.4 Å². The third-order valence-corrected chi connectivity index (χ3v) is 4.84. The van der Waals surface area contributed by atoms with E-state index in [1.807, 2.05) is 38.2 Å². The molecule has 1 aromatic heterocycles. The van der Waals surface area contributed by atoms with Crippen molar-refractivity contribution in [3.05, 3.63) is 51.3 Å². The van der Waals surface area contributed by atoms with Crippen molar-refractivity contribution in [3.63, 3.8) is 0 Å². The zero-order valence-corrected chi connectivity index (χ0v) is 17.5. The summed E-state index contributed by atoms with van der Waals surface area (Å²) in [5.41, 5.74) is 2.92. The lowest BCUT2D eigenvalue weighted by molar-refractivity contribution is -0.476. The number of hydrogen-bond donors (Lipinski definition) is 0. The molecule has 0 radical (unpaired) electrons. The first-order valence-electron chi connectivity index (χ1n) is 9.68. The highest BCUT2D eigenvalue weighted by molar-refractivity contribution is 5.59. The standard InChI is InChI=1S/C22H29N4O2/c1-6-7-8-9-14-26-21(27)19(15-23)17(3)20(22(26)28-5)24-25(4)18-12-10-16(2)11-13-18/h10-13H,6-9,14H2,1-5H3/q+1. The van der Waals surface area contributed by atoms with E-state index in [4.69, 9.17) is 4.74 Å². The first kappa shape index (κ1) is 21.4. The van der Waals surface area contributed by atoms with Crippen molar-refractivity contribution in [1.82, 2.24) is 4.57 Å². The molecular formula is C22H29N4O2+. The number of nitriles is 1. The molecule has 6 nitrogen and oxygen atoms in total. The Morgan fingerprint density at radius 2 is 1.86 bits per heavy atom. The highest BCUT2D eigenvalue weighted by Crippen LogP contribution is 2.33. The van der Waals surface area contributed by atoms with Crippen molar-refractivity contribution in [2.24, 2.45) is 5.11 Å². The summed E-state index contributed by atoms with van der Waals surface area (Å²) in [7, 11) is 3.37. The number of nitrogens with zero attached hydrogens (tertiary/aromatic N) is 4. The maximum Gasteiger partial charge on any atom is 0.271 e. The molecule has 6 heteroatoms. The number of rotatable bonds is 8. The van der Waals surface area contributed by atoms with Gasteiger partial charge in [0.15, 0.2) is 12.7 Å². The van der Waals surface area contributed by atoms with Crippen LogP contribution in [0.25, 0.3) is 0 Å². The van der Waals surface area contributed by atoms with Gasteiger partial charge >= 0.3 is 0 Å². The van der Waals surface area contributed by atoms with E-state index in [-0.39, 0.29) is 11.1 Å². The van der Waals surface area contributed by atoms with E-state index in [9.17, 15) is 10.1 Å². The molecule has 0 fully saturated rings. The second-order valence-corrected chi connectivity index (χ2v) is 6.95. The van der Waals surface area contributed by atoms with Crippen LogP contribution >= 0.6 is 0 Å². The zero-order valence-electron chi connectivity index (χ0n) is 17.5. The van der Waals surface area contributed by atoms with Crippen molar-refractivity contribution in [3.8, 4) is 11.9 Å². The molecule has 0 aliphatic rings. The lowest BCUT2D eigenvalue weighted by atomic mass is 10.1. The van der Waals surface area contributed by atoms with Gasteiger partial charge in [0.1, 0.15) is 11.6 Å². The molecule has 2 aromatic rings. The van der Waals surface area contributed by atoms with Crippen LogP contribution in [0.3, 0.4) is 0 Å². The lowest BCUT2D eigenvalue weighted by Crippen LogP contribution is -2.25. The monoisotopic (exact) mass is 381 g/mol. The van der Waals surface area contributed by atoms with Crippen LogP contribution in [0.2, 0.25) is 0 Å². The Morgan fingerprint density at radius 1 is 1.18 bits per heavy atom. The minimum absolute atomic E-state index is 0.118. The number of unbranched alkanes of at least 4 members (excludes halogenated alkanes) is 3. The molecule has 148 valence electrons. The number of pyridine rings is 1. The highest BCUT2D eigenvalue weighted by Gasteiger charge is 2.23. The minimum atomic E-state index is -0.315. The second-order valence-electron chi connectivity index (χ2n) is 6.95. The van der Waals surface area contributed by atoms with Gasteiger partial charge in [-0.15, -0.1) is 0 Å². The summed E-state index contributed by atoms with van der Waals surface area (Å²) in [5, 5.41) is 14.2. The van der Waals surface area contributed by atoms with Crippen LogP contribution in [0.1, 0.15) is 49.3 Å². The molecule has 0 saturated carbocycles. The maximum absolute atomic E-state index is 12.8. The molecule has 0 unspecified atom stereocenters. The van der Waals surface area contributed by atoms with Crippen LogP contribution in [0.4, 0.5) is 11.4 Å². The minimum Gasteiger partial charge on any atom is -0.480 e. The third-order valence-electron chi connectivity index (χ3n) is 4.84. The first-order valence-corrected chi connectivity index (χ1v) is 9.68. The number of ether oxygens (including phenoxy) is 1. The molecule has 0 atom stereocenters. The number of methoxy groups -OCH3 is 1. The molecule has 0 aliphatic heterocycles. The van der Waals surface area contributed by atoms with Gasteiger partial charge in [-0.25, -0.2) is 0 Å². The van der Waals surface area contributed by atoms with E-state index in [1.54, 1.807) is 16.2 Å². The molecule has 0 bridgehead atoms. The van der Waals surface area contributed by atoms with Crippen LogP contribution in [0.15, 0.2) is 34.2 Å². The Morgan fingerprint density at radius 3 is 2.43 bits per heavy atom. The lowest BCUT2D eigenvalue weighted by Gasteiger charge is -2.15. The number of benzene rings is 1. The molecule has 0 saturated heterocycles. The van der Waals surface area contributed by atoms with Crippen molar-refractivity contribution in [1.29, 1.82) is 5.26 Å². The van der Waals surface area contributed by atoms with Crippen molar-refractivity contribution in [2.75, 3.05) is 14.2 Å². The van der Waals surface area contributed by atoms with E-state index in [2.05, 4.69) is 18.1 Å². The molecule has 0 N–H and O–H groups in total. The predicted octanol–water partition coefficient (Wildman–Crippen LogP) is 4.98. The normalized spacial score (nSPS) is 11.4. The molecule has 1 heterocycles. The van der Waals surface area contributed by atoms with Gasteiger partial charge in [-0.05, 0) is 20.3 Å². The van der Waals surface area contributed by atoms with Gasteiger partial charge in [-0.2, -0.15) is 5.26 Å². The van der Waals surface area contributed by atoms with Crippen LogP contribution < -0.4 is 10.3 Å². The maximum atomic E-state index is 12.8. The SMILES string of the molecule is CCCCCCn1c(OC)c(N=[N+](C)c2ccc(C)cc2)c(C)c(C#N)c1=O. The van der Waals surface area contributed by atoms with E-state index in [1.165, 1.54) is 12.7 Å². The van der Waals surface area contributed by atoms with Crippen LogP contribution in [-0.2, 0) is 6.54 Å². The van der Waals surface area contributed by atoms with Gasteiger partial charge in [0.05, 0.1) is 7.11 Å². The second kappa shape index (κ2) is 9.84. The summed E-state index contributed by atoms with van der Waals surface area (Å²) in [6, 6.07) is 10.0. The van der Waals surface area contributed by atoms with Gasteiger partial charge in [-0.1, -0.05) is 48.6 Å².